The van der Waals surface area contributed by atoms with Gasteiger partial charge in [0.2, 0.25) is 0 Å². The van der Waals surface area contributed by atoms with Crippen LogP contribution in [0.3, 0.4) is 0 Å². The molecule has 1 fully saturated rings. The maximum atomic E-state index is 13.1. The van der Waals surface area contributed by atoms with Crippen LogP contribution in [0.5, 0.6) is 0 Å². The molecule has 0 saturated carbocycles. The van der Waals surface area contributed by atoms with Crippen LogP contribution in [0.25, 0.3) is 10.9 Å². The number of ether oxygens (including phenoxy) is 1. The van der Waals surface area contributed by atoms with Crippen LogP contribution in [0, 0.1) is 16.5 Å². The normalized spacial score (nSPS) is 15.8. The molecule has 1 amide bonds. The van der Waals surface area contributed by atoms with Gasteiger partial charge in [0.15, 0.2) is 4.77 Å². The number of amides is 1. The number of aromatic amines is 1. The molecule has 1 aromatic heterocycles. The summed E-state index contributed by atoms with van der Waals surface area (Å²) in [5, 5.41) is 3.49. The van der Waals surface area contributed by atoms with Crippen molar-refractivity contribution < 1.29 is 13.9 Å². The number of hydrogen-bond donors (Lipinski definition) is 2. The molecule has 0 bridgehead atoms. The average molecular weight is 471 g/mol. The summed E-state index contributed by atoms with van der Waals surface area (Å²) in [5.41, 5.74) is 1.83. The Bertz CT molecular complexity index is 1260. The molecule has 0 aliphatic carbocycles. The van der Waals surface area contributed by atoms with Gasteiger partial charge in [-0.3, -0.25) is 14.2 Å². The zero-order valence-corrected chi connectivity index (χ0v) is 19.3. The highest BCUT2D eigenvalue weighted by Crippen LogP contribution is 2.23. The monoisotopic (exact) mass is 470 g/mol. The van der Waals surface area contributed by atoms with Gasteiger partial charge in [0, 0.05) is 51.1 Å². The SMILES string of the molecule is COCCCn1c(=S)[nH]c2cc(C(=O)NCC3CCN(c4ccc(F)cc4)C3)ccc2c1=O. The van der Waals surface area contributed by atoms with E-state index in [2.05, 4.69) is 15.2 Å². The van der Waals surface area contributed by atoms with Gasteiger partial charge in [-0.05, 0) is 73.4 Å². The lowest BCUT2D eigenvalue weighted by atomic mass is 10.1. The highest BCUT2D eigenvalue weighted by Gasteiger charge is 2.23. The molecule has 1 aliphatic rings. The lowest BCUT2D eigenvalue weighted by Crippen LogP contribution is -2.31. The van der Waals surface area contributed by atoms with Gasteiger partial charge in [-0.15, -0.1) is 0 Å². The van der Waals surface area contributed by atoms with Crippen molar-refractivity contribution in [2.24, 2.45) is 5.92 Å². The fourth-order valence-electron chi connectivity index (χ4n) is 4.19. The number of nitrogens with zero attached hydrogens (tertiary/aromatic N) is 2. The van der Waals surface area contributed by atoms with E-state index in [4.69, 9.17) is 17.0 Å². The molecule has 1 atom stereocenters. The Kier molecular flexibility index (Phi) is 7.20. The van der Waals surface area contributed by atoms with Gasteiger partial charge in [-0.1, -0.05) is 0 Å². The van der Waals surface area contributed by atoms with Gasteiger partial charge >= 0.3 is 0 Å². The van der Waals surface area contributed by atoms with E-state index in [-0.39, 0.29) is 17.3 Å². The molecular formula is C24H27FN4O3S. The summed E-state index contributed by atoms with van der Waals surface area (Å²) in [5.74, 6) is -0.132. The molecule has 1 aliphatic heterocycles. The fraction of sp³-hybridized carbons (Fsp3) is 0.375. The van der Waals surface area contributed by atoms with Crippen molar-refractivity contribution in [3.8, 4) is 0 Å². The minimum atomic E-state index is -0.248. The zero-order valence-electron chi connectivity index (χ0n) is 18.5. The predicted octanol–water partition coefficient (Wildman–Crippen LogP) is 3.49. The molecule has 33 heavy (non-hydrogen) atoms. The van der Waals surface area contributed by atoms with Crippen LogP contribution in [0.2, 0.25) is 0 Å². The number of aromatic nitrogens is 2. The third kappa shape index (κ3) is 5.31. The summed E-state index contributed by atoms with van der Waals surface area (Å²) in [7, 11) is 1.62. The Balaban J connectivity index is 1.40. The van der Waals surface area contributed by atoms with Crippen molar-refractivity contribution >= 4 is 34.7 Å². The van der Waals surface area contributed by atoms with Gasteiger partial charge < -0.3 is 19.9 Å². The number of methoxy groups -OCH3 is 1. The van der Waals surface area contributed by atoms with Crippen LogP contribution in [-0.2, 0) is 11.3 Å². The van der Waals surface area contributed by atoms with Crippen LogP contribution in [0.1, 0.15) is 23.2 Å². The van der Waals surface area contributed by atoms with Crippen molar-refractivity contribution in [3.63, 3.8) is 0 Å². The third-order valence-electron chi connectivity index (χ3n) is 6.00. The average Bonchev–Trinajstić information content (AvgIpc) is 3.29. The quantitative estimate of drug-likeness (QED) is 0.389. The summed E-state index contributed by atoms with van der Waals surface area (Å²) in [6, 6.07) is 11.5. The van der Waals surface area contributed by atoms with Crippen molar-refractivity contribution in [2.75, 3.05) is 38.3 Å². The third-order valence-corrected chi connectivity index (χ3v) is 6.33. The Morgan fingerprint density at radius 3 is 2.82 bits per heavy atom. The minimum Gasteiger partial charge on any atom is -0.385 e. The maximum absolute atomic E-state index is 13.1. The number of hydrogen-bond acceptors (Lipinski definition) is 5. The molecule has 2 heterocycles. The number of H-pyrrole nitrogens is 1. The second-order valence-electron chi connectivity index (χ2n) is 8.28. The number of carbonyl (C=O) groups excluding carboxylic acids is 1. The van der Waals surface area contributed by atoms with Crippen LogP contribution >= 0.6 is 12.2 Å². The first kappa shape index (κ1) is 23.1. The smallest absolute Gasteiger partial charge is 0.262 e. The highest BCUT2D eigenvalue weighted by molar-refractivity contribution is 7.71. The van der Waals surface area contributed by atoms with Crippen molar-refractivity contribution in [3.05, 3.63) is 69.0 Å². The number of benzene rings is 2. The van der Waals surface area contributed by atoms with E-state index in [1.54, 1.807) is 37.4 Å². The van der Waals surface area contributed by atoms with E-state index < -0.39 is 0 Å². The van der Waals surface area contributed by atoms with E-state index in [0.29, 0.717) is 53.3 Å². The number of nitrogens with one attached hydrogen (secondary N) is 2. The zero-order chi connectivity index (χ0) is 23.4. The number of carbonyl (C=O) groups is 1. The molecule has 4 rings (SSSR count). The van der Waals surface area contributed by atoms with E-state index >= 15 is 0 Å². The van der Waals surface area contributed by atoms with Crippen LogP contribution in [0.4, 0.5) is 10.1 Å². The van der Waals surface area contributed by atoms with Gasteiger partial charge in [0.25, 0.3) is 11.5 Å². The highest BCUT2D eigenvalue weighted by atomic mass is 32.1. The minimum absolute atomic E-state index is 0.177. The van der Waals surface area contributed by atoms with Gasteiger partial charge in [-0.25, -0.2) is 4.39 Å². The Labute approximate surface area is 196 Å². The van der Waals surface area contributed by atoms with E-state index in [1.807, 2.05) is 0 Å². The Morgan fingerprint density at radius 2 is 2.06 bits per heavy atom. The topological polar surface area (TPSA) is 79.4 Å². The van der Waals surface area contributed by atoms with Gasteiger partial charge in [0.1, 0.15) is 5.82 Å². The summed E-state index contributed by atoms with van der Waals surface area (Å²) >= 11 is 5.35. The van der Waals surface area contributed by atoms with Crippen LogP contribution < -0.4 is 15.8 Å². The Hall–Kier alpha value is -3.04. The molecule has 9 heteroatoms. The number of rotatable bonds is 8. The largest absolute Gasteiger partial charge is 0.385 e. The predicted molar refractivity (Wildman–Crippen MR) is 129 cm³/mol. The summed E-state index contributed by atoms with van der Waals surface area (Å²) in [6.45, 7) is 3.23. The number of halogens is 1. The second-order valence-corrected chi connectivity index (χ2v) is 8.67. The molecule has 1 unspecified atom stereocenters. The lowest BCUT2D eigenvalue weighted by molar-refractivity contribution is 0.0948. The summed E-state index contributed by atoms with van der Waals surface area (Å²) < 4.78 is 20.0. The van der Waals surface area contributed by atoms with Crippen LogP contribution in [-0.4, -0.2) is 48.8 Å². The molecule has 0 radical (unpaired) electrons. The van der Waals surface area contributed by atoms with Crippen molar-refractivity contribution in [2.45, 2.75) is 19.4 Å². The number of anilines is 1. The first-order chi connectivity index (χ1) is 16.0. The van der Waals surface area contributed by atoms with Gasteiger partial charge in [0.05, 0.1) is 10.9 Å². The summed E-state index contributed by atoms with van der Waals surface area (Å²) in [6.07, 6.45) is 1.63. The summed E-state index contributed by atoms with van der Waals surface area (Å²) in [4.78, 5) is 30.8. The van der Waals surface area contributed by atoms with E-state index in [1.165, 1.54) is 16.7 Å². The first-order valence-corrected chi connectivity index (χ1v) is 11.4. The van der Waals surface area contributed by atoms with E-state index in [0.717, 1.165) is 25.2 Å². The Morgan fingerprint density at radius 1 is 1.27 bits per heavy atom. The van der Waals surface area contributed by atoms with Crippen LogP contribution in [0.15, 0.2) is 47.3 Å². The second kappa shape index (κ2) is 10.3. The molecule has 7 nitrogen and oxygen atoms in total. The molecule has 0 spiro atoms. The van der Waals surface area contributed by atoms with Crippen molar-refractivity contribution in [1.82, 2.24) is 14.9 Å². The van der Waals surface area contributed by atoms with E-state index in [9.17, 15) is 14.0 Å². The molecule has 174 valence electrons. The molecule has 3 aromatic rings. The fourth-order valence-corrected chi connectivity index (χ4v) is 4.47. The molecule has 2 N–H and O–H groups in total. The lowest BCUT2D eigenvalue weighted by Gasteiger charge is -2.19. The standard InChI is InChI=1S/C24H27FN4O3S/c1-32-12-2-10-29-23(31)20-8-3-17(13-21(20)27-24(29)33)22(30)26-14-16-9-11-28(15-16)19-6-4-18(25)5-7-19/h3-8,13,16H,2,9-12,14-15H2,1H3,(H,26,30)(H,27,33). The first-order valence-electron chi connectivity index (χ1n) is 11.0. The maximum Gasteiger partial charge on any atom is 0.262 e. The molecule has 2 aromatic carbocycles. The number of fused-ring (bicyclic) bond motifs is 1. The van der Waals surface area contributed by atoms with Gasteiger partial charge in [-0.2, -0.15) is 0 Å². The molecular weight excluding hydrogens is 443 g/mol. The van der Waals surface area contributed by atoms with Crippen molar-refractivity contribution in [1.29, 1.82) is 0 Å². The molecule has 1 saturated heterocycles.